The molecule has 0 heterocycles. The normalized spacial score (nSPS) is 9.67. The smallest absolute Gasteiger partial charge is 0.310 e. The molecule has 15 heavy (non-hydrogen) atoms. The number of aryl methyl sites for hydroxylation is 1. The Bertz CT molecular complexity index is 328. The molecule has 0 radical (unpaired) electrons. The lowest BCUT2D eigenvalue weighted by Gasteiger charge is -2.03. The largest absolute Gasteiger partial charge is 0.432 e. The van der Waals surface area contributed by atoms with Gasteiger partial charge in [0.2, 0.25) is 0 Å². The molecule has 0 aliphatic rings. The number of hydrogen-bond acceptors (Lipinski definition) is 2. The summed E-state index contributed by atoms with van der Waals surface area (Å²) in [6, 6.07) is 10.1. The summed E-state index contributed by atoms with van der Waals surface area (Å²) in [5.74, 6) is 0.262. The number of carbonyl (C=O) groups excluding carboxylic acids is 1. The Morgan fingerprint density at radius 1 is 1.33 bits per heavy atom. The molecule has 1 aromatic carbocycles. The minimum Gasteiger partial charge on any atom is -0.432 e. The van der Waals surface area contributed by atoms with Crippen LogP contribution in [-0.4, -0.2) is 5.97 Å². The predicted octanol–water partition coefficient (Wildman–Crippen LogP) is 3.09. The fourth-order valence-corrected chi connectivity index (χ4v) is 1.33. The van der Waals surface area contributed by atoms with Gasteiger partial charge < -0.3 is 4.74 Å². The van der Waals surface area contributed by atoms with Crippen LogP contribution in [0.3, 0.4) is 0 Å². The highest BCUT2D eigenvalue weighted by molar-refractivity contribution is 5.70. The lowest BCUT2D eigenvalue weighted by Crippen LogP contribution is -2.02. The highest BCUT2D eigenvalue weighted by Crippen LogP contribution is 2.06. The van der Waals surface area contributed by atoms with Crippen LogP contribution in [0, 0.1) is 0 Å². The molecule has 0 aliphatic carbocycles. The first kappa shape index (κ1) is 11.5. The van der Waals surface area contributed by atoms with Crippen molar-refractivity contribution in [2.24, 2.45) is 0 Å². The molecule has 0 unspecified atom stereocenters. The lowest BCUT2D eigenvalue weighted by atomic mass is 10.1. The maximum absolute atomic E-state index is 11.2. The molecule has 0 amide bonds. The van der Waals surface area contributed by atoms with Crippen molar-refractivity contribution in [2.45, 2.75) is 26.2 Å². The zero-order valence-electron chi connectivity index (χ0n) is 9.03. The van der Waals surface area contributed by atoms with Gasteiger partial charge in [0.05, 0.1) is 5.76 Å². The summed E-state index contributed by atoms with van der Waals surface area (Å²) >= 11 is 0. The average Bonchev–Trinajstić information content (AvgIpc) is 2.18. The van der Waals surface area contributed by atoms with Crippen LogP contribution in [0.2, 0.25) is 0 Å². The minimum atomic E-state index is -0.196. The molecule has 0 atom stereocenters. The number of allylic oxidation sites excluding steroid dienone is 1. The van der Waals surface area contributed by atoms with Gasteiger partial charge in [-0.25, -0.2) is 0 Å². The first-order chi connectivity index (χ1) is 7.18. The zero-order chi connectivity index (χ0) is 11.1. The number of rotatable bonds is 5. The van der Waals surface area contributed by atoms with E-state index in [4.69, 9.17) is 4.74 Å². The second-order valence-corrected chi connectivity index (χ2v) is 3.52. The summed E-state index contributed by atoms with van der Waals surface area (Å²) in [5.41, 5.74) is 1.25. The third-order valence-corrected chi connectivity index (χ3v) is 1.98. The van der Waals surface area contributed by atoms with Gasteiger partial charge in [0, 0.05) is 6.42 Å². The van der Waals surface area contributed by atoms with Gasteiger partial charge in [-0.3, -0.25) is 4.79 Å². The van der Waals surface area contributed by atoms with E-state index in [2.05, 4.69) is 18.7 Å². The van der Waals surface area contributed by atoms with Gasteiger partial charge in [0.25, 0.3) is 0 Å². The monoisotopic (exact) mass is 204 g/mol. The summed E-state index contributed by atoms with van der Waals surface area (Å²) < 4.78 is 4.85. The third-order valence-electron chi connectivity index (χ3n) is 1.98. The molecule has 2 nitrogen and oxygen atoms in total. The van der Waals surface area contributed by atoms with Gasteiger partial charge in [0.1, 0.15) is 0 Å². The van der Waals surface area contributed by atoms with Crippen molar-refractivity contribution in [1.82, 2.24) is 0 Å². The standard InChI is InChI=1S/C13H16O2/c1-11(2)15-13(14)10-6-9-12-7-4-3-5-8-12/h3-5,7-8H,1,6,9-10H2,2H3. The van der Waals surface area contributed by atoms with Gasteiger partial charge in [0.15, 0.2) is 0 Å². The lowest BCUT2D eigenvalue weighted by molar-refractivity contribution is -0.139. The molecule has 2 heteroatoms. The van der Waals surface area contributed by atoms with Gasteiger partial charge in [-0.1, -0.05) is 36.9 Å². The average molecular weight is 204 g/mol. The Kier molecular flexibility index (Phi) is 4.61. The quantitative estimate of drug-likeness (QED) is 0.544. The summed E-state index contributed by atoms with van der Waals surface area (Å²) in [6.07, 6.45) is 2.17. The summed E-state index contributed by atoms with van der Waals surface area (Å²) in [7, 11) is 0. The second-order valence-electron chi connectivity index (χ2n) is 3.52. The Morgan fingerprint density at radius 2 is 2.00 bits per heavy atom. The molecular formula is C13H16O2. The fourth-order valence-electron chi connectivity index (χ4n) is 1.33. The molecule has 1 aromatic rings. The van der Waals surface area contributed by atoms with Gasteiger partial charge in [-0.2, -0.15) is 0 Å². The van der Waals surface area contributed by atoms with E-state index in [1.807, 2.05) is 18.2 Å². The van der Waals surface area contributed by atoms with Gasteiger partial charge in [-0.05, 0) is 25.3 Å². The molecule has 0 saturated carbocycles. The first-order valence-corrected chi connectivity index (χ1v) is 5.08. The van der Waals surface area contributed by atoms with E-state index < -0.39 is 0 Å². The third kappa shape index (κ3) is 5.01. The van der Waals surface area contributed by atoms with Crippen LogP contribution in [-0.2, 0) is 16.0 Å². The van der Waals surface area contributed by atoms with E-state index in [1.54, 1.807) is 6.92 Å². The molecule has 0 saturated heterocycles. The van der Waals surface area contributed by atoms with Crippen LogP contribution in [0.1, 0.15) is 25.3 Å². The molecule has 0 aromatic heterocycles. The molecule has 0 fully saturated rings. The van der Waals surface area contributed by atoms with Crippen molar-refractivity contribution in [1.29, 1.82) is 0 Å². The molecule has 0 spiro atoms. The summed E-state index contributed by atoms with van der Waals surface area (Å²) in [6.45, 7) is 5.19. The Morgan fingerprint density at radius 3 is 2.60 bits per heavy atom. The van der Waals surface area contributed by atoms with Crippen molar-refractivity contribution in [3.63, 3.8) is 0 Å². The Balaban J connectivity index is 2.22. The maximum atomic E-state index is 11.2. The van der Waals surface area contributed by atoms with Gasteiger partial charge in [-0.15, -0.1) is 0 Å². The van der Waals surface area contributed by atoms with E-state index in [9.17, 15) is 4.79 Å². The number of benzene rings is 1. The number of ether oxygens (including phenoxy) is 1. The van der Waals surface area contributed by atoms with Crippen molar-refractivity contribution >= 4 is 5.97 Å². The van der Waals surface area contributed by atoms with E-state index in [-0.39, 0.29) is 5.97 Å². The van der Waals surface area contributed by atoms with Crippen molar-refractivity contribution in [2.75, 3.05) is 0 Å². The van der Waals surface area contributed by atoms with E-state index in [0.29, 0.717) is 12.2 Å². The van der Waals surface area contributed by atoms with Crippen LogP contribution < -0.4 is 0 Å². The number of hydrogen-bond donors (Lipinski definition) is 0. The SMILES string of the molecule is C=C(C)OC(=O)CCCc1ccccc1. The Hall–Kier alpha value is -1.57. The Labute approximate surface area is 90.6 Å². The van der Waals surface area contributed by atoms with Crippen LogP contribution in [0.5, 0.6) is 0 Å². The molecule has 1 rings (SSSR count). The predicted molar refractivity (Wildman–Crippen MR) is 60.3 cm³/mol. The molecule has 80 valence electrons. The summed E-state index contributed by atoms with van der Waals surface area (Å²) in [5, 5.41) is 0. The van der Waals surface area contributed by atoms with Crippen LogP contribution in [0.15, 0.2) is 42.7 Å². The van der Waals surface area contributed by atoms with Crippen molar-refractivity contribution < 1.29 is 9.53 Å². The fraction of sp³-hybridized carbons (Fsp3) is 0.308. The van der Waals surface area contributed by atoms with E-state index >= 15 is 0 Å². The van der Waals surface area contributed by atoms with Crippen LogP contribution in [0.25, 0.3) is 0 Å². The number of carbonyl (C=O) groups is 1. The highest BCUT2D eigenvalue weighted by atomic mass is 16.5. The van der Waals surface area contributed by atoms with Crippen molar-refractivity contribution in [3.8, 4) is 0 Å². The topological polar surface area (TPSA) is 26.3 Å². The first-order valence-electron chi connectivity index (χ1n) is 5.08. The maximum Gasteiger partial charge on any atom is 0.310 e. The van der Waals surface area contributed by atoms with Crippen LogP contribution in [0.4, 0.5) is 0 Å². The molecular weight excluding hydrogens is 188 g/mol. The highest BCUT2D eigenvalue weighted by Gasteiger charge is 2.02. The number of esters is 1. The minimum absolute atomic E-state index is 0.196. The molecule has 0 N–H and O–H groups in total. The van der Waals surface area contributed by atoms with E-state index in [1.165, 1.54) is 5.56 Å². The summed E-state index contributed by atoms with van der Waals surface area (Å²) in [4.78, 5) is 11.2. The van der Waals surface area contributed by atoms with E-state index in [0.717, 1.165) is 12.8 Å². The zero-order valence-corrected chi connectivity index (χ0v) is 9.03. The molecule has 0 bridgehead atoms. The molecule has 0 aliphatic heterocycles. The second kappa shape index (κ2) is 6.02. The van der Waals surface area contributed by atoms with Crippen molar-refractivity contribution in [3.05, 3.63) is 48.2 Å². The van der Waals surface area contributed by atoms with Crippen LogP contribution >= 0.6 is 0 Å². The van der Waals surface area contributed by atoms with Gasteiger partial charge >= 0.3 is 5.97 Å².